The van der Waals surface area contributed by atoms with Crippen molar-refractivity contribution in [2.45, 2.75) is 43.7 Å². The number of thiophene rings is 1. The van der Waals surface area contributed by atoms with Gasteiger partial charge < -0.3 is 5.32 Å². The summed E-state index contributed by atoms with van der Waals surface area (Å²) in [5, 5.41) is 3.09. The summed E-state index contributed by atoms with van der Waals surface area (Å²) in [5.41, 5.74) is 0.248. The first-order valence-corrected chi connectivity index (χ1v) is 9.84. The van der Waals surface area contributed by atoms with Crippen LogP contribution >= 0.6 is 11.3 Å². The second-order valence-corrected chi connectivity index (χ2v) is 9.83. The van der Waals surface area contributed by atoms with Crippen molar-refractivity contribution in [1.29, 1.82) is 0 Å². The van der Waals surface area contributed by atoms with Crippen molar-refractivity contribution in [3.8, 4) is 0 Å². The number of sulfonamides is 1. The van der Waals surface area contributed by atoms with Gasteiger partial charge in [-0.3, -0.25) is 0 Å². The minimum Gasteiger partial charge on any atom is -0.319 e. The van der Waals surface area contributed by atoms with E-state index in [9.17, 15) is 8.42 Å². The third-order valence-corrected chi connectivity index (χ3v) is 7.66. The van der Waals surface area contributed by atoms with Gasteiger partial charge in [0, 0.05) is 18.0 Å². The minimum atomic E-state index is -3.31. The van der Waals surface area contributed by atoms with Crippen molar-refractivity contribution in [1.82, 2.24) is 9.62 Å². The molecule has 0 aromatic carbocycles. The first kappa shape index (κ1) is 16.9. The van der Waals surface area contributed by atoms with Gasteiger partial charge in [-0.2, -0.15) is 4.31 Å². The van der Waals surface area contributed by atoms with Gasteiger partial charge in [0.1, 0.15) is 4.21 Å². The maximum absolute atomic E-state index is 12.8. The largest absolute Gasteiger partial charge is 0.319 e. The standard InChI is InChI=1S/C15H26N2O2S2/c1-15(2)8-4-11-17(12-9-15)21(18,19)14-6-5-13(20-14)7-10-16-3/h5-6,16H,4,7-12H2,1-3H3. The molecule has 0 radical (unpaired) electrons. The van der Waals surface area contributed by atoms with Gasteiger partial charge in [0.25, 0.3) is 10.0 Å². The second-order valence-electron chi connectivity index (χ2n) is 6.50. The molecule has 4 nitrogen and oxygen atoms in total. The first-order valence-electron chi connectivity index (χ1n) is 7.59. The molecule has 1 aromatic heterocycles. The fraction of sp³-hybridized carbons (Fsp3) is 0.733. The van der Waals surface area contributed by atoms with E-state index in [4.69, 9.17) is 0 Å². The fourth-order valence-corrected chi connectivity index (χ4v) is 5.63. The molecule has 120 valence electrons. The Labute approximate surface area is 132 Å². The highest BCUT2D eigenvalue weighted by Crippen LogP contribution is 2.33. The van der Waals surface area contributed by atoms with Crippen molar-refractivity contribution >= 4 is 21.4 Å². The zero-order chi connectivity index (χ0) is 15.5. The summed E-state index contributed by atoms with van der Waals surface area (Å²) in [5.74, 6) is 0. The summed E-state index contributed by atoms with van der Waals surface area (Å²) < 4.78 is 27.7. The minimum absolute atomic E-state index is 0.248. The molecule has 1 fully saturated rings. The Morgan fingerprint density at radius 2 is 2.05 bits per heavy atom. The highest BCUT2D eigenvalue weighted by atomic mass is 32.2. The summed E-state index contributed by atoms with van der Waals surface area (Å²) in [6.07, 6.45) is 3.86. The van der Waals surface area contributed by atoms with Gasteiger partial charge in [0.2, 0.25) is 0 Å². The molecule has 1 aliphatic heterocycles. The Kier molecular flexibility index (Phi) is 5.46. The topological polar surface area (TPSA) is 49.4 Å². The number of nitrogens with zero attached hydrogens (tertiary/aromatic N) is 1. The SMILES string of the molecule is CNCCc1ccc(S(=O)(=O)N2CCCC(C)(C)CC2)s1. The molecule has 0 unspecified atom stereocenters. The molecule has 0 amide bonds. The van der Waals surface area contributed by atoms with Gasteiger partial charge in [0.15, 0.2) is 0 Å². The summed E-state index contributed by atoms with van der Waals surface area (Å²) in [4.78, 5) is 1.12. The maximum atomic E-state index is 12.8. The van der Waals surface area contributed by atoms with Crippen LogP contribution in [0.5, 0.6) is 0 Å². The van der Waals surface area contributed by atoms with E-state index >= 15 is 0 Å². The zero-order valence-electron chi connectivity index (χ0n) is 13.2. The van der Waals surface area contributed by atoms with Crippen LogP contribution in [0, 0.1) is 5.41 Å². The van der Waals surface area contributed by atoms with Crippen molar-refractivity contribution < 1.29 is 8.42 Å². The normalized spacial score (nSPS) is 20.3. The molecule has 6 heteroatoms. The maximum Gasteiger partial charge on any atom is 0.252 e. The number of nitrogens with one attached hydrogen (secondary N) is 1. The number of rotatable bonds is 5. The molecule has 1 saturated heterocycles. The predicted octanol–water partition coefficient (Wildman–Crippen LogP) is 2.71. The van der Waals surface area contributed by atoms with Crippen LogP contribution in [0.4, 0.5) is 0 Å². The lowest BCUT2D eigenvalue weighted by Crippen LogP contribution is -2.32. The van der Waals surface area contributed by atoms with Crippen LogP contribution in [0.1, 0.15) is 38.0 Å². The molecule has 1 aliphatic rings. The fourth-order valence-electron chi connectivity index (χ4n) is 2.65. The quantitative estimate of drug-likeness (QED) is 0.903. The summed E-state index contributed by atoms with van der Waals surface area (Å²) >= 11 is 1.41. The van der Waals surface area contributed by atoms with Crippen LogP contribution in [0.25, 0.3) is 0 Å². The lowest BCUT2D eigenvalue weighted by atomic mass is 9.85. The predicted molar refractivity (Wildman–Crippen MR) is 88.3 cm³/mol. The van der Waals surface area contributed by atoms with Gasteiger partial charge in [-0.1, -0.05) is 13.8 Å². The number of hydrogen-bond donors (Lipinski definition) is 1. The third-order valence-electron chi connectivity index (χ3n) is 4.15. The van der Waals surface area contributed by atoms with Crippen LogP contribution in [0.15, 0.2) is 16.3 Å². The molecule has 0 saturated carbocycles. The molecule has 2 heterocycles. The zero-order valence-corrected chi connectivity index (χ0v) is 14.8. The average molecular weight is 331 g/mol. The van der Waals surface area contributed by atoms with Gasteiger partial charge in [-0.25, -0.2) is 8.42 Å². The average Bonchev–Trinajstić information content (AvgIpc) is 2.81. The Morgan fingerprint density at radius 3 is 2.76 bits per heavy atom. The van der Waals surface area contributed by atoms with E-state index in [-0.39, 0.29) is 5.41 Å². The van der Waals surface area contributed by atoms with Crippen molar-refractivity contribution in [2.75, 3.05) is 26.7 Å². The summed E-state index contributed by atoms with van der Waals surface area (Å²) in [7, 11) is -1.40. The van der Waals surface area contributed by atoms with Gasteiger partial charge in [-0.05, 0) is 56.8 Å². The van der Waals surface area contributed by atoms with E-state index in [2.05, 4.69) is 19.2 Å². The summed E-state index contributed by atoms with van der Waals surface area (Å²) in [6.45, 7) is 6.61. The lowest BCUT2D eigenvalue weighted by Gasteiger charge is -2.22. The van der Waals surface area contributed by atoms with E-state index < -0.39 is 10.0 Å². The van der Waals surface area contributed by atoms with E-state index in [0.29, 0.717) is 17.3 Å². The van der Waals surface area contributed by atoms with Crippen LogP contribution in [0.2, 0.25) is 0 Å². The van der Waals surface area contributed by atoms with E-state index in [1.807, 2.05) is 13.1 Å². The van der Waals surface area contributed by atoms with Gasteiger partial charge in [-0.15, -0.1) is 11.3 Å². The Morgan fingerprint density at radius 1 is 1.29 bits per heavy atom. The molecule has 0 atom stereocenters. The number of likely N-dealkylation sites (N-methyl/N-ethyl adjacent to an activating group) is 1. The highest BCUT2D eigenvalue weighted by Gasteiger charge is 2.31. The van der Waals surface area contributed by atoms with Crippen molar-refractivity contribution in [2.24, 2.45) is 5.41 Å². The lowest BCUT2D eigenvalue weighted by molar-refractivity contribution is 0.315. The Hall–Kier alpha value is -0.430. The van der Waals surface area contributed by atoms with Gasteiger partial charge in [0.05, 0.1) is 0 Å². The number of hydrogen-bond acceptors (Lipinski definition) is 4. The third kappa shape index (κ3) is 4.28. The molecule has 0 spiro atoms. The van der Waals surface area contributed by atoms with Crippen LogP contribution in [0.3, 0.4) is 0 Å². The molecule has 21 heavy (non-hydrogen) atoms. The van der Waals surface area contributed by atoms with E-state index in [0.717, 1.165) is 37.1 Å². The van der Waals surface area contributed by atoms with Gasteiger partial charge >= 0.3 is 0 Å². The molecular formula is C15H26N2O2S2. The first-order chi connectivity index (χ1) is 9.85. The van der Waals surface area contributed by atoms with Crippen LogP contribution in [-0.2, 0) is 16.4 Å². The van der Waals surface area contributed by atoms with E-state index in [1.165, 1.54) is 11.3 Å². The van der Waals surface area contributed by atoms with Crippen molar-refractivity contribution in [3.63, 3.8) is 0 Å². The molecule has 1 aromatic rings. The molecular weight excluding hydrogens is 304 g/mol. The van der Waals surface area contributed by atoms with Crippen LogP contribution < -0.4 is 5.32 Å². The Balaban J connectivity index is 2.12. The second kappa shape index (κ2) is 6.77. The smallest absolute Gasteiger partial charge is 0.252 e. The molecule has 2 rings (SSSR count). The van der Waals surface area contributed by atoms with Crippen LogP contribution in [-0.4, -0.2) is 39.4 Å². The molecule has 0 bridgehead atoms. The van der Waals surface area contributed by atoms with E-state index in [1.54, 1.807) is 10.4 Å². The molecule has 0 aliphatic carbocycles. The molecule has 1 N–H and O–H groups in total. The van der Waals surface area contributed by atoms with Crippen molar-refractivity contribution in [3.05, 3.63) is 17.0 Å². The highest BCUT2D eigenvalue weighted by molar-refractivity contribution is 7.91. The Bertz CT molecular complexity index is 564. The monoisotopic (exact) mass is 330 g/mol. The summed E-state index contributed by atoms with van der Waals surface area (Å²) in [6, 6.07) is 3.71.